The van der Waals surface area contributed by atoms with E-state index >= 15 is 0 Å². The molecule has 0 saturated heterocycles. The topological polar surface area (TPSA) is 25.0 Å². The summed E-state index contributed by atoms with van der Waals surface area (Å²) in [5.74, 6) is 1.89. The number of fused-ring (bicyclic) bond motifs is 3. The largest absolute Gasteiger partial charge is 0.458 e. The van der Waals surface area contributed by atoms with Crippen molar-refractivity contribution in [3.8, 4) is 22.6 Å². The maximum Gasteiger partial charge on any atom is 0.253 e. The summed E-state index contributed by atoms with van der Waals surface area (Å²) in [7, 11) is 0. The molecule has 2 heterocycles. The highest BCUT2D eigenvalue weighted by molar-refractivity contribution is 6.98. The molecule has 1 aliphatic heterocycles. The van der Waals surface area contributed by atoms with Gasteiger partial charge in [0.05, 0.1) is 0 Å². The first-order valence-corrected chi connectivity index (χ1v) is 10.8. The van der Waals surface area contributed by atoms with E-state index in [0.29, 0.717) is 0 Å². The Hall–Kier alpha value is -3.72. The molecule has 0 atom stereocenters. The summed E-state index contributed by atoms with van der Waals surface area (Å²) in [5, 5.41) is 1.26. The summed E-state index contributed by atoms with van der Waals surface area (Å²) in [4.78, 5) is 3.73. The molecular formula is C28H22BNO. The van der Waals surface area contributed by atoms with E-state index < -0.39 is 0 Å². The Morgan fingerprint density at radius 2 is 1.39 bits per heavy atom. The van der Waals surface area contributed by atoms with Gasteiger partial charge in [-0.25, -0.2) is 0 Å². The monoisotopic (exact) mass is 399 g/mol. The van der Waals surface area contributed by atoms with E-state index in [9.17, 15) is 0 Å². The van der Waals surface area contributed by atoms with Crippen LogP contribution in [-0.4, -0.2) is 11.7 Å². The van der Waals surface area contributed by atoms with Gasteiger partial charge in [0, 0.05) is 22.2 Å². The predicted molar refractivity (Wildman–Crippen MR) is 131 cm³/mol. The van der Waals surface area contributed by atoms with Crippen LogP contribution in [0.1, 0.15) is 11.3 Å². The van der Waals surface area contributed by atoms with Crippen molar-refractivity contribution in [2.75, 3.05) is 0 Å². The van der Waals surface area contributed by atoms with Gasteiger partial charge in [0.2, 0.25) is 0 Å². The normalized spacial score (nSPS) is 12.4. The fraction of sp³-hybridized carbons (Fsp3) is 0.0714. The lowest BCUT2D eigenvalue weighted by molar-refractivity contribution is 0.487. The van der Waals surface area contributed by atoms with Gasteiger partial charge in [-0.2, -0.15) is 0 Å². The molecule has 31 heavy (non-hydrogen) atoms. The van der Waals surface area contributed by atoms with Crippen LogP contribution in [0.25, 0.3) is 22.0 Å². The first-order valence-electron chi connectivity index (χ1n) is 10.8. The van der Waals surface area contributed by atoms with Gasteiger partial charge in [-0.1, -0.05) is 84.4 Å². The maximum atomic E-state index is 6.31. The van der Waals surface area contributed by atoms with E-state index in [2.05, 4.69) is 104 Å². The van der Waals surface area contributed by atoms with E-state index in [-0.39, 0.29) is 6.71 Å². The number of aromatic amines is 1. The molecule has 0 aliphatic carbocycles. The molecule has 2 nitrogen and oxygen atoms in total. The molecule has 4 aromatic carbocycles. The van der Waals surface area contributed by atoms with Crippen molar-refractivity contribution < 1.29 is 4.74 Å². The molecular weight excluding hydrogens is 377 g/mol. The SMILES string of the molecule is Cc1cccc2c1B(c1cccc3c(-c4ccccc4)c(C)[nH]c13)c1ccccc1O2. The molecule has 0 unspecified atom stereocenters. The minimum Gasteiger partial charge on any atom is -0.458 e. The lowest BCUT2D eigenvalue weighted by atomic mass is 9.35. The van der Waals surface area contributed by atoms with E-state index in [4.69, 9.17) is 4.74 Å². The number of hydrogen-bond donors (Lipinski definition) is 1. The van der Waals surface area contributed by atoms with E-state index in [1.165, 1.54) is 49.7 Å². The van der Waals surface area contributed by atoms with Crippen molar-refractivity contribution in [1.82, 2.24) is 4.98 Å². The van der Waals surface area contributed by atoms with Crippen LogP contribution in [0.5, 0.6) is 11.5 Å². The van der Waals surface area contributed by atoms with Crippen LogP contribution in [0, 0.1) is 13.8 Å². The average molecular weight is 399 g/mol. The number of hydrogen-bond acceptors (Lipinski definition) is 1. The first-order chi connectivity index (χ1) is 15.2. The third-order valence-corrected chi connectivity index (χ3v) is 6.45. The van der Waals surface area contributed by atoms with Crippen LogP contribution < -0.4 is 21.1 Å². The molecule has 0 saturated carbocycles. The van der Waals surface area contributed by atoms with Crippen LogP contribution in [0.3, 0.4) is 0 Å². The Bertz CT molecular complexity index is 1430. The summed E-state index contributed by atoms with van der Waals surface area (Å²) >= 11 is 0. The van der Waals surface area contributed by atoms with Gasteiger partial charge < -0.3 is 9.72 Å². The average Bonchev–Trinajstić information content (AvgIpc) is 3.14. The minimum absolute atomic E-state index is 0.117. The lowest BCUT2D eigenvalue weighted by Gasteiger charge is -2.28. The first kappa shape index (κ1) is 18.1. The van der Waals surface area contributed by atoms with Gasteiger partial charge >= 0.3 is 0 Å². The number of para-hydroxylation sites is 2. The second-order valence-electron chi connectivity index (χ2n) is 8.32. The molecule has 1 aromatic heterocycles. The molecule has 1 aliphatic rings. The van der Waals surface area contributed by atoms with Crippen molar-refractivity contribution in [3.63, 3.8) is 0 Å². The second kappa shape index (κ2) is 6.92. The zero-order chi connectivity index (χ0) is 20.9. The molecule has 3 heteroatoms. The minimum atomic E-state index is 0.117. The fourth-order valence-electron chi connectivity index (χ4n) is 5.11. The summed E-state index contributed by atoms with van der Waals surface area (Å²) in [5.41, 5.74) is 9.92. The Kier molecular flexibility index (Phi) is 4.04. The van der Waals surface area contributed by atoms with Crippen molar-refractivity contribution in [1.29, 1.82) is 0 Å². The molecule has 0 fully saturated rings. The van der Waals surface area contributed by atoms with Crippen LogP contribution in [0.15, 0.2) is 91.0 Å². The molecule has 0 bridgehead atoms. The van der Waals surface area contributed by atoms with Gasteiger partial charge in [-0.05, 0) is 47.9 Å². The third kappa shape index (κ3) is 2.74. The molecule has 5 aromatic rings. The summed E-state index contributed by atoms with van der Waals surface area (Å²) < 4.78 is 6.31. The van der Waals surface area contributed by atoms with Crippen molar-refractivity contribution in [2.24, 2.45) is 0 Å². The fourth-order valence-corrected chi connectivity index (χ4v) is 5.11. The van der Waals surface area contributed by atoms with Crippen LogP contribution in [0.4, 0.5) is 0 Å². The zero-order valence-corrected chi connectivity index (χ0v) is 17.6. The van der Waals surface area contributed by atoms with Gasteiger partial charge in [0.1, 0.15) is 11.5 Å². The van der Waals surface area contributed by atoms with Gasteiger partial charge in [0.25, 0.3) is 6.71 Å². The molecule has 1 N–H and O–H groups in total. The number of H-pyrrole nitrogens is 1. The Balaban J connectivity index is 1.66. The Morgan fingerprint density at radius 3 is 2.26 bits per heavy atom. The summed E-state index contributed by atoms with van der Waals surface area (Å²) in [6.45, 7) is 4.47. The third-order valence-electron chi connectivity index (χ3n) is 6.45. The Labute approximate surface area is 182 Å². The quantitative estimate of drug-likeness (QED) is 0.404. The number of aromatic nitrogens is 1. The summed E-state index contributed by atoms with van der Waals surface area (Å²) in [6.07, 6.45) is 0. The lowest BCUT2D eigenvalue weighted by Crippen LogP contribution is -2.56. The smallest absolute Gasteiger partial charge is 0.253 e. The molecule has 6 rings (SSSR count). The number of rotatable bonds is 2. The van der Waals surface area contributed by atoms with Gasteiger partial charge in [-0.3, -0.25) is 0 Å². The highest BCUT2D eigenvalue weighted by Gasteiger charge is 2.34. The number of ether oxygens (including phenoxy) is 1. The standard InChI is InChI=1S/C28H22BNO/c1-18-10-8-17-25-27(18)29(22-14-6-7-16-24(22)31-25)23-15-9-13-21-26(19(2)30-28(21)23)20-11-4-3-5-12-20/h3-17,30H,1-2H3. The van der Waals surface area contributed by atoms with Crippen LogP contribution in [-0.2, 0) is 0 Å². The maximum absolute atomic E-state index is 6.31. The summed E-state index contributed by atoms with van der Waals surface area (Å²) in [6, 6.07) is 32.1. The number of benzene rings is 4. The number of aryl methyl sites for hydroxylation is 2. The van der Waals surface area contributed by atoms with E-state index in [1.807, 2.05) is 6.07 Å². The Morgan fingerprint density at radius 1 is 0.677 bits per heavy atom. The highest BCUT2D eigenvalue weighted by Crippen LogP contribution is 2.32. The van der Waals surface area contributed by atoms with Crippen LogP contribution >= 0.6 is 0 Å². The van der Waals surface area contributed by atoms with Crippen molar-refractivity contribution >= 4 is 34.0 Å². The van der Waals surface area contributed by atoms with E-state index in [0.717, 1.165) is 11.5 Å². The number of nitrogens with one attached hydrogen (secondary N) is 1. The van der Waals surface area contributed by atoms with E-state index in [1.54, 1.807) is 0 Å². The van der Waals surface area contributed by atoms with Crippen molar-refractivity contribution in [2.45, 2.75) is 13.8 Å². The molecule has 148 valence electrons. The molecule has 0 spiro atoms. The highest BCUT2D eigenvalue weighted by atomic mass is 16.5. The zero-order valence-electron chi connectivity index (χ0n) is 17.6. The second-order valence-corrected chi connectivity index (χ2v) is 8.32. The predicted octanol–water partition coefficient (Wildman–Crippen LogP) is 5.07. The van der Waals surface area contributed by atoms with Crippen LogP contribution in [0.2, 0.25) is 0 Å². The molecule has 0 radical (unpaired) electrons. The van der Waals surface area contributed by atoms with Gasteiger partial charge in [0.15, 0.2) is 0 Å². The molecule has 0 amide bonds. The van der Waals surface area contributed by atoms with Gasteiger partial charge in [-0.15, -0.1) is 0 Å². The van der Waals surface area contributed by atoms with Crippen molar-refractivity contribution in [3.05, 3.63) is 102 Å².